The van der Waals surface area contributed by atoms with E-state index in [-0.39, 0.29) is 0 Å². The summed E-state index contributed by atoms with van der Waals surface area (Å²) >= 11 is 3.51. The van der Waals surface area contributed by atoms with Crippen LogP contribution in [0.4, 0.5) is 0 Å². The van der Waals surface area contributed by atoms with Gasteiger partial charge < -0.3 is 4.57 Å². The summed E-state index contributed by atoms with van der Waals surface area (Å²) in [6.07, 6.45) is 1.82. The highest BCUT2D eigenvalue weighted by Crippen LogP contribution is 2.32. The molecule has 3 aromatic rings. The summed E-state index contributed by atoms with van der Waals surface area (Å²) in [6.45, 7) is 0. The van der Waals surface area contributed by atoms with E-state index in [4.69, 9.17) is 0 Å². The number of nitrogens with zero attached hydrogens (tertiary/aromatic N) is 2. The van der Waals surface area contributed by atoms with Crippen LogP contribution in [0.5, 0.6) is 0 Å². The average Bonchev–Trinajstić information content (AvgIpc) is 2.69. The Bertz CT molecular complexity index is 661. The molecule has 0 amide bonds. The monoisotopic (exact) mass is 286 g/mol. The highest BCUT2D eigenvalue weighted by Gasteiger charge is 2.11. The minimum absolute atomic E-state index is 0.886. The molecule has 0 radical (unpaired) electrons. The fourth-order valence-electron chi connectivity index (χ4n) is 2.13. The second-order valence-corrected chi connectivity index (χ2v) is 4.77. The van der Waals surface area contributed by atoms with Gasteiger partial charge in [0.05, 0.1) is 12.0 Å². The Morgan fingerprint density at radius 1 is 1.06 bits per heavy atom. The van der Waals surface area contributed by atoms with E-state index >= 15 is 0 Å². The molecule has 1 aromatic heterocycles. The predicted octanol–water partition coefficient (Wildman–Crippen LogP) is 4.00. The van der Waals surface area contributed by atoms with Crippen molar-refractivity contribution >= 4 is 26.7 Å². The zero-order valence-corrected chi connectivity index (χ0v) is 11.0. The lowest BCUT2D eigenvalue weighted by molar-refractivity contribution is 0.922. The van der Waals surface area contributed by atoms with Crippen LogP contribution in [0.2, 0.25) is 0 Å². The SMILES string of the molecule is Cn1cnc(Br)c1-c1cccc2ccccc12. The second kappa shape index (κ2) is 4.00. The average molecular weight is 287 g/mol. The van der Waals surface area contributed by atoms with E-state index in [1.54, 1.807) is 0 Å². The quantitative estimate of drug-likeness (QED) is 0.661. The van der Waals surface area contributed by atoms with Crippen LogP contribution in [0.15, 0.2) is 53.4 Å². The number of halogens is 1. The first-order valence-electron chi connectivity index (χ1n) is 5.42. The minimum atomic E-state index is 0.886. The van der Waals surface area contributed by atoms with Crippen LogP contribution >= 0.6 is 15.9 Å². The van der Waals surface area contributed by atoms with Crippen molar-refractivity contribution in [1.29, 1.82) is 0 Å². The summed E-state index contributed by atoms with van der Waals surface area (Å²) in [6, 6.07) is 14.7. The third-order valence-electron chi connectivity index (χ3n) is 2.94. The molecule has 0 unspecified atom stereocenters. The molecule has 0 aliphatic rings. The molecule has 3 heteroatoms. The Morgan fingerprint density at radius 2 is 1.82 bits per heavy atom. The predicted molar refractivity (Wildman–Crippen MR) is 73.9 cm³/mol. The summed E-state index contributed by atoms with van der Waals surface area (Å²) in [7, 11) is 2.01. The number of hydrogen-bond acceptors (Lipinski definition) is 1. The van der Waals surface area contributed by atoms with Crippen LogP contribution in [0, 0.1) is 0 Å². The molecule has 3 rings (SSSR count). The highest BCUT2D eigenvalue weighted by atomic mass is 79.9. The van der Waals surface area contributed by atoms with Crippen LogP contribution in [-0.4, -0.2) is 9.55 Å². The molecular weight excluding hydrogens is 276 g/mol. The van der Waals surface area contributed by atoms with Gasteiger partial charge in [-0.2, -0.15) is 0 Å². The van der Waals surface area contributed by atoms with Gasteiger partial charge in [0.15, 0.2) is 0 Å². The zero-order chi connectivity index (χ0) is 11.8. The van der Waals surface area contributed by atoms with Gasteiger partial charge in [0.2, 0.25) is 0 Å². The van der Waals surface area contributed by atoms with Crippen LogP contribution in [0.1, 0.15) is 0 Å². The Hall–Kier alpha value is -1.61. The molecule has 2 aromatic carbocycles. The van der Waals surface area contributed by atoms with Gasteiger partial charge >= 0.3 is 0 Å². The summed E-state index contributed by atoms with van der Waals surface area (Å²) in [5, 5.41) is 2.50. The molecule has 0 N–H and O–H groups in total. The normalized spacial score (nSPS) is 10.9. The van der Waals surface area contributed by atoms with Crippen molar-refractivity contribution in [3.63, 3.8) is 0 Å². The number of fused-ring (bicyclic) bond motifs is 1. The molecule has 17 heavy (non-hydrogen) atoms. The Kier molecular flexibility index (Phi) is 2.48. The number of imidazole rings is 1. The summed E-state index contributed by atoms with van der Waals surface area (Å²) in [5.41, 5.74) is 2.32. The molecule has 1 heterocycles. The van der Waals surface area contributed by atoms with Gasteiger partial charge in [-0.15, -0.1) is 0 Å². The fourth-order valence-corrected chi connectivity index (χ4v) is 2.72. The number of aryl methyl sites for hydroxylation is 1. The summed E-state index contributed by atoms with van der Waals surface area (Å²) in [4.78, 5) is 4.28. The Labute approximate surface area is 108 Å². The minimum Gasteiger partial charge on any atom is -0.333 e. The lowest BCUT2D eigenvalue weighted by Crippen LogP contribution is -1.91. The number of benzene rings is 2. The van der Waals surface area contributed by atoms with Crippen LogP contribution in [0.3, 0.4) is 0 Å². The third kappa shape index (κ3) is 1.67. The molecule has 0 aliphatic carbocycles. The summed E-state index contributed by atoms with van der Waals surface area (Å²) in [5.74, 6) is 0. The standard InChI is InChI=1S/C14H11BrN2/c1-17-9-16-14(15)13(17)12-8-4-6-10-5-2-3-7-11(10)12/h2-9H,1H3. The van der Waals surface area contributed by atoms with Crippen molar-refractivity contribution in [1.82, 2.24) is 9.55 Å². The van der Waals surface area contributed by atoms with Gasteiger partial charge in [-0.25, -0.2) is 4.98 Å². The van der Waals surface area contributed by atoms with Gasteiger partial charge in [-0.05, 0) is 26.7 Å². The maximum Gasteiger partial charge on any atom is 0.132 e. The van der Waals surface area contributed by atoms with Crippen molar-refractivity contribution in [2.24, 2.45) is 7.05 Å². The van der Waals surface area contributed by atoms with E-state index in [0.717, 1.165) is 10.3 Å². The van der Waals surface area contributed by atoms with Crippen LogP contribution in [-0.2, 0) is 7.05 Å². The zero-order valence-electron chi connectivity index (χ0n) is 9.39. The maximum absolute atomic E-state index is 4.28. The van der Waals surface area contributed by atoms with Crippen molar-refractivity contribution in [3.05, 3.63) is 53.4 Å². The van der Waals surface area contributed by atoms with Crippen LogP contribution < -0.4 is 0 Å². The van der Waals surface area contributed by atoms with E-state index < -0.39 is 0 Å². The summed E-state index contributed by atoms with van der Waals surface area (Å²) < 4.78 is 2.92. The van der Waals surface area contributed by atoms with Gasteiger partial charge in [0.1, 0.15) is 4.60 Å². The molecule has 0 fully saturated rings. The molecule has 0 bridgehead atoms. The third-order valence-corrected chi connectivity index (χ3v) is 3.52. The lowest BCUT2D eigenvalue weighted by Gasteiger charge is -2.07. The van der Waals surface area contributed by atoms with Crippen molar-refractivity contribution in [2.75, 3.05) is 0 Å². The molecule has 0 saturated heterocycles. The van der Waals surface area contributed by atoms with E-state index in [1.165, 1.54) is 16.3 Å². The molecule has 2 nitrogen and oxygen atoms in total. The van der Waals surface area contributed by atoms with E-state index in [1.807, 2.05) is 17.9 Å². The largest absolute Gasteiger partial charge is 0.333 e. The molecule has 0 saturated carbocycles. The number of aromatic nitrogens is 2. The smallest absolute Gasteiger partial charge is 0.132 e. The Balaban J connectivity index is 2.38. The molecule has 0 spiro atoms. The van der Waals surface area contributed by atoms with Gasteiger partial charge in [-0.1, -0.05) is 42.5 Å². The maximum atomic E-state index is 4.28. The fraction of sp³-hybridized carbons (Fsp3) is 0.0714. The van der Waals surface area contributed by atoms with E-state index in [2.05, 4.69) is 63.4 Å². The van der Waals surface area contributed by atoms with Crippen LogP contribution in [0.25, 0.3) is 22.0 Å². The Morgan fingerprint density at radius 3 is 2.59 bits per heavy atom. The van der Waals surface area contributed by atoms with Crippen molar-refractivity contribution in [3.8, 4) is 11.3 Å². The molecule has 0 aliphatic heterocycles. The first-order chi connectivity index (χ1) is 8.27. The van der Waals surface area contributed by atoms with Gasteiger partial charge in [0, 0.05) is 12.6 Å². The lowest BCUT2D eigenvalue weighted by atomic mass is 10.0. The molecule has 84 valence electrons. The second-order valence-electron chi connectivity index (χ2n) is 4.02. The van der Waals surface area contributed by atoms with Crippen molar-refractivity contribution in [2.45, 2.75) is 0 Å². The van der Waals surface area contributed by atoms with E-state index in [0.29, 0.717) is 0 Å². The number of rotatable bonds is 1. The highest BCUT2D eigenvalue weighted by molar-refractivity contribution is 9.10. The first-order valence-corrected chi connectivity index (χ1v) is 6.21. The van der Waals surface area contributed by atoms with E-state index in [9.17, 15) is 0 Å². The number of hydrogen-bond donors (Lipinski definition) is 0. The molecule has 0 atom stereocenters. The first kappa shape index (κ1) is 10.5. The van der Waals surface area contributed by atoms with Gasteiger partial charge in [0.25, 0.3) is 0 Å². The van der Waals surface area contributed by atoms with Crippen molar-refractivity contribution < 1.29 is 0 Å². The van der Waals surface area contributed by atoms with Gasteiger partial charge in [-0.3, -0.25) is 0 Å². The molecular formula is C14H11BrN2. The topological polar surface area (TPSA) is 17.8 Å².